The molecule has 3 aromatic rings. The minimum atomic E-state index is -3.47. The highest BCUT2D eigenvalue weighted by atomic mass is 32.2. The Bertz CT molecular complexity index is 1150. The number of carbonyl (C=O) groups excluding carboxylic acids is 1. The van der Waals surface area contributed by atoms with Gasteiger partial charge in [-0.1, -0.05) is 30.3 Å². The molecule has 0 spiro atoms. The Morgan fingerprint density at radius 1 is 1.07 bits per heavy atom. The zero-order valence-corrected chi connectivity index (χ0v) is 18.4. The molecule has 2 aromatic carbocycles. The molecule has 1 N–H and O–H groups in total. The van der Waals surface area contributed by atoms with E-state index in [9.17, 15) is 13.2 Å². The molecule has 0 aliphatic carbocycles. The second-order valence-electron chi connectivity index (χ2n) is 7.27. The number of hydrogen-bond acceptors (Lipinski definition) is 5. The maximum atomic E-state index is 12.7. The summed E-state index contributed by atoms with van der Waals surface area (Å²) in [5.41, 5.74) is 2.49. The number of hydrogen-bond donors (Lipinski definition) is 1. The summed E-state index contributed by atoms with van der Waals surface area (Å²) < 4.78 is 28.9. The van der Waals surface area contributed by atoms with Gasteiger partial charge in [0.2, 0.25) is 15.9 Å². The molecule has 1 aliphatic heterocycles. The van der Waals surface area contributed by atoms with Crippen molar-refractivity contribution in [1.29, 1.82) is 0 Å². The summed E-state index contributed by atoms with van der Waals surface area (Å²) in [5, 5.41) is 3.59. The number of imidazole rings is 1. The number of amides is 1. The molecule has 0 atom stereocenters. The Hall–Kier alpha value is -2.36. The van der Waals surface area contributed by atoms with E-state index in [1.54, 1.807) is 24.3 Å². The van der Waals surface area contributed by atoms with Crippen molar-refractivity contribution in [2.24, 2.45) is 7.05 Å². The zero-order valence-electron chi connectivity index (χ0n) is 16.7. The van der Waals surface area contributed by atoms with Gasteiger partial charge in [0.05, 0.1) is 21.7 Å². The van der Waals surface area contributed by atoms with Crippen molar-refractivity contribution in [2.45, 2.75) is 29.3 Å². The van der Waals surface area contributed by atoms with Crippen LogP contribution >= 0.6 is 11.8 Å². The molecule has 0 radical (unpaired) electrons. The maximum Gasteiger partial charge on any atom is 0.243 e. The third kappa shape index (κ3) is 4.38. The second kappa shape index (κ2) is 8.79. The first-order valence-corrected chi connectivity index (χ1v) is 12.3. The molecule has 158 valence electrons. The maximum absolute atomic E-state index is 12.7. The summed E-state index contributed by atoms with van der Waals surface area (Å²) >= 11 is 1.36. The van der Waals surface area contributed by atoms with Crippen LogP contribution in [0.2, 0.25) is 0 Å². The quantitative estimate of drug-likeness (QED) is 0.589. The highest BCUT2D eigenvalue weighted by molar-refractivity contribution is 7.99. The zero-order chi connectivity index (χ0) is 21.1. The van der Waals surface area contributed by atoms with Crippen molar-refractivity contribution in [3.8, 4) is 0 Å². The van der Waals surface area contributed by atoms with Crippen LogP contribution in [0.5, 0.6) is 0 Å². The lowest BCUT2D eigenvalue weighted by Crippen LogP contribution is -2.35. The number of para-hydroxylation sites is 2. The normalized spacial score (nSPS) is 15.4. The Balaban J connectivity index is 1.37. The second-order valence-corrected chi connectivity index (χ2v) is 10.1. The van der Waals surface area contributed by atoms with Crippen molar-refractivity contribution in [1.82, 2.24) is 13.9 Å². The van der Waals surface area contributed by atoms with Gasteiger partial charge in [-0.05, 0) is 49.2 Å². The SMILES string of the molecule is Cn1c(SCC(=O)Nc2ccc(S(=O)(=O)N3CCCCC3)cc2)nc2ccccc21. The van der Waals surface area contributed by atoms with E-state index in [0.717, 1.165) is 35.5 Å². The third-order valence-electron chi connectivity index (χ3n) is 5.17. The van der Waals surface area contributed by atoms with Crippen molar-refractivity contribution in [2.75, 3.05) is 24.2 Å². The number of nitrogens with zero attached hydrogens (tertiary/aromatic N) is 3. The Kier molecular flexibility index (Phi) is 6.12. The first kappa shape index (κ1) is 20.9. The van der Waals surface area contributed by atoms with Gasteiger partial charge in [-0.3, -0.25) is 4.79 Å². The standard InChI is InChI=1S/C21H24N4O3S2/c1-24-19-8-4-3-7-18(19)23-21(24)29-15-20(26)22-16-9-11-17(12-10-16)30(27,28)25-13-5-2-6-14-25/h3-4,7-12H,2,5-6,13-15H2,1H3,(H,22,26). The Labute approximate surface area is 180 Å². The van der Waals surface area contributed by atoms with Crippen molar-refractivity contribution in [3.63, 3.8) is 0 Å². The number of sulfonamides is 1. The number of benzene rings is 2. The summed E-state index contributed by atoms with van der Waals surface area (Å²) in [6.45, 7) is 1.14. The van der Waals surface area contributed by atoms with E-state index in [1.807, 2.05) is 35.9 Å². The molecule has 1 fully saturated rings. The van der Waals surface area contributed by atoms with Crippen LogP contribution in [0, 0.1) is 0 Å². The number of nitrogens with one attached hydrogen (secondary N) is 1. The Morgan fingerprint density at radius 2 is 1.77 bits per heavy atom. The van der Waals surface area contributed by atoms with Crippen molar-refractivity contribution in [3.05, 3.63) is 48.5 Å². The molecular formula is C21H24N4O3S2. The van der Waals surface area contributed by atoms with Crippen LogP contribution in [-0.4, -0.2) is 47.0 Å². The fourth-order valence-corrected chi connectivity index (χ4v) is 5.85. The molecule has 1 saturated heterocycles. The number of anilines is 1. The minimum absolute atomic E-state index is 0.168. The summed E-state index contributed by atoms with van der Waals surface area (Å²) in [6.07, 6.45) is 2.87. The molecule has 9 heteroatoms. The van der Waals surface area contributed by atoms with Crippen LogP contribution in [-0.2, 0) is 21.9 Å². The summed E-state index contributed by atoms with van der Waals surface area (Å²) in [6, 6.07) is 14.2. The average Bonchev–Trinajstić information content (AvgIpc) is 3.09. The third-order valence-corrected chi connectivity index (χ3v) is 8.11. The summed E-state index contributed by atoms with van der Waals surface area (Å²) in [5.74, 6) is 0.0454. The van der Waals surface area contributed by atoms with Crippen LogP contribution in [0.1, 0.15) is 19.3 Å². The lowest BCUT2D eigenvalue weighted by Gasteiger charge is -2.25. The van der Waals surface area contributed by atoms with Crippen LogP contribution < -0.4 is 5.32 Å². The van der Waals surface area contributed by atoms with E-state index in [-0.39, 0.29) is 16.6 Å². The van der Waals surface area contributed by atoms with Gasteiger partial charge in [0, 0.05) is 25.8 Å². The monoisotopic (exact) mass is 444 g/mol. The fraction of sp³-hybridized carbons (Fsp3) is 0.333. The molecular weight excluding hydrogens is 420 g/mol. The van der Waals surface area contributed by atoms with E-state index < -0.39 is 10.0 Å². The molecule has 1 aromatic heterocycles. The first-order valence-electron chi connectivity index (χ1n) is 9.89. The van der Waals surface area contributed by atoms with E-state index in [0.29, 0.717) is 18.8 Å². The molecule has 30 heavy (non-hydrogen) atoms. The van der Waals surface area contributed by atoms with E-state index >= 15 is 0 Å². The largest absolute Gasteiger partial charge is 0.325 e. The lowest BCUT2D eigenvalue weighted by atomic mass is 10.2. The molecule has 0 unspecified atom stereocenters. The van der Waals surface area contributed by atoms with Crippen LogP contribution in [0.25, 0.3) is 11.0 Å². The topological polar surface area (TPSA) is 84.3 Å². The number of rotatable bonds is 6. The number of aromatic nitrogens is 2. The van der Waals surface area contributed by atoms with Crippen molar-refractivity contribution >= 4 is 44.4 Å². The molecule has 4 rings (SSSR count). The Morgan fingerprint density at radius 3 is 2.47 bits per heavy atom. The van der Waals surface area contributed by atoms with Crippen LogP contribution in [0.4, 0.5) is 5.69 Å². The van der Waals surface area contributed by atoms with Gasteiger partial charge in [0.15, 0.2) is 5.16 Å². The van der Waals surface area contributed by atoms with Gasteiger partial charge in [0.1, 0.15) is 0 Å². The number of aryl methyl sites for hydroxylation is 1. The molecule has 0 saturated carbocycles. The highest BCUT2D eigenvalue weighted by Crippen LogP contribution is 2.24. The first-order chi connectivity index (χ1) is 14.4. The van der Waals surface area contributed by atoms with Crippen molar-refractivity contribution < 1.29 is 13.2 Å². The van der Waals surface area contributed by atoms with Gasteiger partial charge >= 0.3 is 0 Å². The highest BCUT2D eigenvalue weighted by Gasteiger charge is 2.25. The van der Waals surface area contributed by atoms with E-state index in [4.69, 9.17) is 0 Å². The van der Waals surface area contributed by atoms with Crippen LogP contribution in [0.15, 0.2) is 58.6 Å². The van der Waals surface area contributed by atoms with Gasteiger partial charge in [0.25, 0.3) is 0 Å². The smallest absolute Gasteiger partial charge is 0.243 e. The number of thioether (sulfide) groups is 1. The summed E-state index contributed by atoms with van der Waals surface area (Å²) in [7, 11) is -1.54. The summed E-state index contributed by atoms with van der Waals surface area (Å²) in [4.78, 5) is 17.2. The van der Waals surface area contributed by atoms with E-state index in [1.165, 1.54) is 16.1 Å². The molecule has 1 aliphatic rings. The molecule has 2 heterocycles. The lowest BCUT2D eigenvalue weighted by molar-refractivity contribution is -0.113. The minimum Gasteiger partial charge on any atom is -0.325 e. The van der Waals surface area contributed by atoms with E-state index in [2.05, 4.69) is 10.3 Å². The predicted molar refractivity (Wildman–Crippen MR) is 119 cm³/mol. The van der Waals surface area contributed by atoms with Gasteiger partial charge < -0.3 is 9.88 Å². The number of piperidine rings is 1. The number of fused-ring (bicyclic) bond motifs is 1. The predicted octanol–water partition coefficient (Wildman–Crippen LogP) is 3.48. The average molecular weight is 445 g/mol. The fourth-order valence-electron chi connectivity index (χ4n) is 3.54. The van der Waals surface area contributed by atoms with Crippen LogP contribution in [0.3, 0.4) is 0 Å². The molecule has 1 amide bonds. The molecule has 0 bridgehead atoms. The number of carbonyl (C=O) groups is 1. The molecule has 7 nitrogen and oxygen atoms in total. The van der Waals surface area contributed by atoms with Gasteiger partial charge in [-0.25, -0.2) is 13.4 Å². The van der Waals surface area contributed by atoms with Gasteiger partial charge in [-0.2, -0.15) is 4.31 Å². The van der Waals surface area contributed by atoms with Gasteiger partial charge in [-0.15, -0.1) is 0 Å².